The minimum Gasteiger partial charge on any atom is -0.493 e. The summed E-state index contributed by atoms with van der Waals surface area (Å²) in [7, 11) is 8.75. The molecule has 150 valence electrons. The Morgan fingerprint density at radius 3 is 2.19 bits per heavy atom. The summed E-state index contributed by atoms with van der Waals surface area (Å²) in [4.78, 5) is 16.8. The molecule has 0 saturated carbocycles. The van der Waals surface area contributed by atoms with Gasteiger partial charge in [-0.05, 0) is 69.6 Å². The van der Waals surface area contributed by atoms with E-state index in [1.165, 1.54) is 0 Å². The van der Waals surface area contributed by atoms with E-state index in [0.29, 0.717) is 23.2 Å². The van der Waals surface area contributed by atoms with Crippen LogP contribution < -0.4 is 14.2 Å². The quantitative estimate of drug-likeness (QED) is 0.685. The lowest BCUT2D eigenvalue weighted by molar-refractivity contribution is -0.127. The number of amides is 1. The molecular weight excluding hydrogens is 344 g/mol. The monoisotopic (exact) mass is 376 g/mol. The highest BCUT2D eigenvalue weighted by atomic mass is 16.5. The molecule has 27 heavy (non-hydrogen) atoms. The summed E-state index contributed by atoms with van der Waals surface area (Å²) in [5.74, 6) is 2.21. The van der Waals surface area contributed by atoms with Crippen LogP contribution in [0, 0.1) is 5.92 Å². The molecule has 0 radical (unpaired) electrons. The van der Waals surface area contributed by atoms with Crippen molar-refractivity contribution in [1.82, 2.24) is 9.80 Å². The van der Waals surface area contributed by atoms with Crippen LogP contribution in [-0.2, 0) is 4.79 Å². The number of rotatable bonds is 7. The average molecular weight is 376 g/mol. The van der Waals surface area contributed by atoms with E-state index in [-0.39, 0.29) is 11.9 Å². The fourth-order valence-electron chi connectivity index (χ4n) is 3.51. The summed E-state index contributed by atoms with van der Waals surface area (Å²) >= 11 is 0. The van der Waals surface area contributed by atoms with E-state index >= 15 is 0 Å². The predicted octanol–water partition coefficient (Wildman–Crippen LogP) is 2.91. The van der Waals surface area contributed by atoms with Crippen molar-refractivity contribution in [2.75, 3.05) is 48.5 Å². The maximum absolute atomic E-state index is 12.6. The highest BCUT2D eigenvalue weighted by Gasteiger charge is 2.26. The Hall–Kier alpha value is -2.21. The van der Waals surface area contributed by atoms with E-state index in [2.05, 4.69) is 18.9 Å². The second-order valence-corrected chi connectivity index (χ2v) is 7.12. The van der Waals surface area contributed by atoms with Gasteiger partial charge in [-0.2, -0.15) is 0 Å². The summed E-state index contributed by atoms with van der Waals surface area (Å²) in [6.45, 7) is 4.33. The average Bonchev–Trinajstić information content (AvgIpc) is 2.70. The number of hydrogen-bond donors (Lipinski definition) is 0. The molecule has 1 saturated heterocycles. The van der Waals surface area contributed by atoms with Gasteiger partial charge >= 0.3 is 0 Å². The van der Waals surface area contributed by atoms with Crippen LogP contribution in [0.1, 0.15) is 25.3 Å². The first kappa shape index (κ1) is 21.1. The second-order valence-electron chi connectivity index (χ2n) is 7.12. The molecule has 0 N–H and O–H groups in total. The standard InChI is InChI=1S/C21H32N2O4/c1-15(17-9-11-22(2)12-10-17)23(3)20(24)8-7-16-13-18(25-4)21(27-6)19(14-16)26-5/h7-8,13-15,17H,9-12H2,1-6H3. The highest BCUT2D eigenvalue weighted by molar-refractivity contribution is 5.92. The molecule has 1 fully saturated rings. The van der Waals surface area contributed by atoms with Crippen LogP contribution in [0.5, 0.6) is 17.2 Å². The number of carbonyl (C=O) groups is 1. The third-order valence-electron chi connectivity index (χ3n) is 5.51. The number of piperidine rings is 1. The third-order valence-corrected chi connectivity index (χ3v) is 5.51. The van der Waals surface area contributed by atoms with Crippen LogP contribution in [-0.4, -0.2) is 70.3 Å². The SMILES string of the molecule is COc1cc(C=CC(=O)N(C)C(C)C2CCN(C)CC2)cc(OC)c1OC. The Morgan fingerprint density at radius 1 is 1.15 bits per heavy atom. The van der Waals surface area contributed by atoms with Crippen molar-refractivity contribution in [3.05, 3.63) is 23.8 Å². The van der Waals surface area contributed by atoms with E-state index in [9.17, 15) is 4.79 Å². The number of nitrogens with zero attached hydrogens (tertiary/aromatic N) is 2. The Labute approximate surface area is 162 Å². The first-order valence-electron chi connectivity index (χ1n) is 9.34. The minimum absolute atomic E-state index is 0.00446. The Bertz CT molecular complexity index is 641. The number of hydrogen-bond acceptors (Lipinski definition) is 5. The maximum atomic E-state index is 12.6. The van der Waals surface area contributed by atoms with Crippen LogP contribution >= 0.6 is 0 Å². The molecule has 1 heterocycles. The van der Waals surface area contributed by atoms with Crippen molar-refractivity contribution < 1.29 is 19.0 Å². The number of methoxy groups -OCH3 is 3. The number of likely N-dealkylation sites (tertiary alicyclic amines) is 1. The first-order valence-corrected chi connectivity index (χ1v) is 9.34. The molecule has 1 aromatic rings. The fraction of sp³-hybridized carbons (Fsp3) is 0.571. The molecule has 1 aromatic carbocycles. The largest absolute Gasteiger partial charge is 0.493 e. The van der Waals surface area contributed by atoms with Crippen molar-refractivity contribution in [2.45, 2.75) is 25.8 Å². The molecule has 1 aliphatic rings. The smallest absolute Gasteiger partial charge is 0.246 e. The Balaban J connectivity index is 2.09. The molecule has 0 bridgehead atoms. The number of ether oxygens (including phenoxy) is 3. The fourth-order valence-corrected chi connectivity index (χ4v) is 3.51. The predicted molar refractivity (Wildman–Crippen MR) is 108 cm³/mol. The van der Waals surface area contributed by atoms with Crippen molar-refractivity contribution >= 4 is 12.0 Å². The molecule has 0 spiro atoms. The van der Waals surface area contributed by atoms with Crippen molar-refractivity contribution in [3.63, 3.8) is 0 Å². The minimum atomic E-state index is -0.00446. The van der Waals surface area contributed by atoms with Gasteiger partial charge in [0.15, 0.2) is 11.5 Å². The highest BCUT2D eigenvalue weighted by Crippen LogP contribution is 2.38. The summed E-state index contributed by atoms with van der Waals surface area (Å²) in [6, 6.07) is 3.87. The molecule has 6 nitrogen and oxygen atoms in total. The second kappa shape index (κ2) is 9.65. The molecule has 0 aromatic heterocycles. The van der Waals surface area contributed by atoms with Gasteiger partial charge in [-0.3, -0.25) is 4.79 Å². The molecule has 1 amide bonds. The number of benzene rings is 1. The molecule has 1 unspecified atom stereocenters. The van der Waals surface area contributed by atoms with E-state index < -0.39 is 0 Å². The van der Waals surface area contributed by atoms with Gasteiger partial charge in [0.25, 0.3) is 0 Å². The Morgan fingerprint density at radius 2 is 1.70 bits per heavy atom. The van der Waals surface area contributed by atoms with Gasteiger partial charge in [0.1, 0.15) is 0 Å². The van der Waals surface area contributed by atoms with Gasteiger partial charge in [-0.25, -0.2) is 0 Å². The van der Waals surface area contributed by atoms with Gasteiger partial charge in [-0.1, -0.05) is 0 Å². The summed E-state index contributed by atoms with van der Waals surface area (Å²) in [6.07, 6.45) is 5.65. The Kier molecular flexibility index (Phi) is 7.54. The van der Waals surface area contributed by atoms with Gasteiger partial charge in [-0.15, -0.1) is 0 Å². The molecule has 0 aliphatic carbocycles. The lowest BCUT2D eigenvalue weighted by Gasteiger charge is -2.36. The van der Waals surface area contributed by atoms with Gasteiger partial charge in [0.2, 0.25) is 11.7 Å². The lowest BCUT2D eigenvalue weighted by Crippen LogP contribution is -2.43. The summed E-state index contributed by atoms with van der Waals surface area (Å²) in [5, 5.41) is 0. The van der Waals surface area contributed by atoms with Gasteiger partial charge < -0.3 is 24.0 Å². The van der Waals surface area contributed by atoms with Gasteiger partial charge in [0, 0.05) is 19.2 Å². The van der Waals surface area contributed by atoms with E-state index in [4.69, 9.17) is 14.2 Å². The molecule has 6 heteroatoms. The molecule has 1 aliphatic heterocycles. The van der Waals surface area contributed by atoms with E-state index in [1.54, 1.807) is 33.5 Å². The van der Waals surface area contributed by atoms with Crippen molar-refractivity contribution in [2.24, 2.45) is 5.92 Å². The maximum Gasteiger partial charge on any atom is 0.246 e. The zero-order valence-electron chi connectivity index (χ0n) is 17.3. The third kappa shape index (κ3) is 5.16. The zero-order chi connectivity index (χ0) is 20.0. The van der Waals surface area contributed by atoms with Crippen LogP contribution in [0.15, 0.2) is 18.2 Å². The normalized spacial score (nSPS) is 17.0. The van der Waals surface area contributed by atoms with Crippen molar-refractivity contribution in [1.29, 1.82) is 0 Å². The summed E-state index contributed by atoms with van der Waals surface area (Å²) in [5.41, 5.74) is 0.818. The number of carbonyl (C=O) groups excluding carboxylic acids is 1. The lowest BCUT2D eigenvalue weighted by atomic mass is 9.89. The van der Waals surface area contributed by atoms with Crippen LogP contribution in [0.3, 0.4) is 0 Å². The first-order chi connectivity index (χ1) is 12.9. The van der Waals surface area contributed by atoms with Gasteiger partial charge in [0.05, 0.1) is 21.3 Å². The van der Waals surface area contributed by atoms with E-state index in [1.807, 2.05) is 24.1 Å². The van der Waals surface area contributed by atoms with E-state index in [0.717, 1.165) is 31.5 Å². The summed E-state index contributed by atoms with van der Waals surface area (Å²) < 4.78 is 16.1. The van der Waals surface area contributed by atoms with Crippen LogP contribution in [0.25, 0.3) is 6.08 Å². The van der Waals surface area contributed by atoms with Crippen LogP contribution in [0.2, 0.25) is 0 Å². The molecule has 2 rings (SSSR count). The van der Waals surface area contributed by atoms with Crippen molar-refractivity contribution in [3.8, 4) is 17.2 Å². The zero-order valence-corrected chi connectivity index (χ0v) is 17.3. The molecular formula is C21H32N2O4. The molecule has 1 atom stereocenters. The topological polar surface area (TPSA) is 51.2 Å². The van der Waals surface area contributed by atoms with Crippen LogP contribution in [0.4, 0.5) is 0 Å². The number of likely N-dealkylation sites (N-methyl/N-ethyl adjacent to an activating group) is 1.